The Labute approximate surface area is 344 Å². The normalized spacial score (nSPS) is 15.8. The van der Waals surface area contributed by atoms with Crippen LogP contribution in [0.15, 0.2) is 78.9 Å². The monoisotopic (exact) mass is 824 g/mol. The number of hydrogen-bond acceptors (Lipinski definition) is 11. The van der Waals surface area contributed by atoms with Gasteiger partial charge in [-0.1, -0.05) is 66.7 Å². The third kappa shape index (κ3) is 10.7. The number of carboxylic acid groups (broad SMARTS) is 3. The first-order valence-corrected chi connectivity index (χ1v) is 19.3. The Balaban J connectivity index is 1.27. The fraction of sp³-hybridized carbons (Fsp3) is 0.317. The molecule has 0 radical (unpaired) electrons. The molecule has 2 aromatic heterocycles. The molecular formula is C41H48N10O9. The van der Waals surface area contributed by atoms with Crippen molar-refractivity contribution in [2.45, 2.75) is 5.92 Å². The summed E-state index contributed by atoms with van der Waals surface area (Å²) < 4.78 is 0. The van der Waals surface area contributed by atoms with Crippen molar-refractivity contribution < 1.29 is 44.1 Å². The number of nitrogen functional groups attached to an aromatic ring is 1. The second-order valence-electron chi connectivity index (χ2n) is 14.5. The van der Waals surface area contributed by atoms with E-state index in [1.807, 2.05) is 78.9 Å². The minimum absolute atomic E-state index is 0.131. The number of amides is 3. The van der Waals surface area contributed by atoms with E-state index in [-0.39, 0.29) is 89.9 Å². The van der Waals surface area contributed by atoms with Gasteiger partial charge in [-0.15, -0.1) is 0 Å². The number of carbonyl (C=O) groups is 6. The number of carboxylic acids is 3. The molecule has 1 aliphatic heterocycles. The number of nitrogens with two attached hydrogens (primary N) is 1. The van der Waals surface area contributed by atoms with Gasteiger partial charge in [0.25, 0.3) is 17.7 Å². The summed E-state index contributed by atoms with van der Waals surface area (Å²) in [7, 11) is 0. The summed E-state index contributed by atoms with van der Waals surface area (Å²) >= 11 is 0. The predicted molar refractivity (Wildman–Crippen MR) is 220 cm³/mol. The molecule has 3 heterocycles. The molecule has 1 aliphatic rings. The number of carbonyl (C=O) groups excluding carboxylic acids is 3. The van der Waals surface area contributed by atoms with Gasteiger partial charge in [0.05, 0.1) is 26.2 Å². The van der Waals surface area contributed by atoms with Crippen molar-refractivity contribution >= 4 is 57.4 Å². The number of para-hydroxylation sites is 2. The van der Waals surface area contributed by atoms with Crippen LogP contribution in [0.25, 0.3) is 21.8 Å². The van der Waals surface area contributed by atoms with E-state index >= 15 is 0 Å². The molecule has 19 heteroatoms. The molecule has 6 rings (SSSR count). The maximum absolute atomic E-state index is 14.3. The van der Waals surface area contributed by atoms with Gasteiger partial charge < -0.3 is 25.3 Å². The molecule has 0 aliphatic carbocycles. The number of benzene rings is 3. The maximum Gasteiger partial charge on any atom is 0.317 e. The topological polar surface area (TPSA) is 270 Å². The van der Waals surface area contributed by atoms with E-state index in [0.717, 1.165) is 10.9 Å². The second kappa shape index (κ2) is 19.9. The molecular weight excluding hydrogens is 777 g/mol. The van der Waals surface area contributed by atoms with Crippen LogP contribution < -0.4 is 22.1 Å². The fourth-order valence-corrected chi connectivity index (χ4v) is 7.70. The number of nitrogens with one attached hydrogen (secondary N) is 5. The number of fused-ring (bicyclic) bond motifs is 2. The lowest BCUT2D eigenvalue weighted by molar-refractivity contribution is -0.140. The standard InChI is InChI=1S/C41H48N10O9/c42-45-40(59)38-36(27-10-4-6-12-29(27)43-38)35(26-8-2-1-3-9-26)37-28-11-5-7-13-30(28)44-39(37)41(60)47-46-31(52)22-48-14-16-49(23-32(53)54)18-20-51(25-34(57)58)21-19-50(17-15-48)24-33(55)56/h1-13,35,43-44H,14-25,42H2,(H,45,59)(H,46,52)(H,47,60)(H,53,54)(H,55,56)(H,57,58). The van der Waals surface area contributed by atoms with Crippen LogP contribution in [0.3, 0.4) is 0 Å². The Morgan fingerprint density at radius 3 is 1.33 bits per heavy atom. The van der Waals surface area contributed by atoms with E-state index in [1.54, 1.807) is 19.6 Å². The highest BCUT2D eigenvalue weighted by Gasteiger charge is 2.33. The van der Waals surface area contributed by atoms with Gasteiger partial charge in [-0.3, -0.25) is 64.6 Å². The Morgan fingerprint density at radius 1 is 0.533 bits per heavy atom. The minimum atomic E-state index is -1.07. The highest BCUT2D eigenvalue weighted by molar-refractivity contribution is 6.05. The molecule has 1 unspecified atom stereocenters. The van der Waals surface area contributed by atoms with E-state index < -0.39 is 41.5 Å². The molecule has 0 spiro atoms. The summed E-state index contributed by atoms with van der Waals surface area (Å²) in [5, 5.41) is 30.0. The largest absolute Gasteiger partial charge is 0.480 e. The number of rotatable bonds is 13. The molecule has 3 aromatic carbocycles. The number of H-pyrrole nitrogens is 2. The van der Waals surface area contributed by atoms with Crippen molar-refractivity contribution in [1.29, 1.82) is 0 Å². The predicted octanol–water partition coefficient (Wildman–Crippen LogP) is 0.669. The zero-order valence-electron chi connectivity index (χ0n) is 32.7. The first-order valence-electron chi connectivity index (χ1n) is 19.3. The Morgan fingerprint density at radius 2 is 0.917 bits per heavy atom. The van der Waals surface area contributed by atoms with E-state index in [4.69, 9.17) is 5.84 Å². The van der Waals surface area contributed by atoms with Crippen LogP contribution in [0, 0.1) is 0 Å². The molecule has 1 atom stereocenters. The molecule has 1 fully saturated rings. The highest BCUT2D eigenvalue weighted by atomic mass is 16.4. The van der Waals surface area contributed by atoms with E-state index in [2.05, 4.69) is 26.2 Å². The third-order valence-electron chi connectivity index (χ3n) is 10.5. The van der Waals surface area contributed by atoms with Crippen LogP contribution in [0.4, 0.5) is 0 Å². The van der Waals surface area contributed by atoms with Gasteiger partial charge >= 0.3 is 17.9 Å². The highest BCUT2D eigenvalue weighted by Crippen LogP contribution is 2.43. The summed E-state index contributed by atoms with van der Waals surface area (Å²) in [5.74, 6) is -0.0323. The lowest BCUT2D eigenvalue weighted by Crippen LogP contribution is -2.51. The van der Waals surface area contributed by atoms with E-state index in [1.165, 1.54) is 0 Å². The lowest BCUT2D eigenvalue weighted by Gasteiger charge is -2.32. The molecule has 0 bridgehead atoms. The molecule has 0 saturated carbocycles. The third-order valence-corrected chi connectivity index (χ3v) is 10.5. The van der Waals surface area contributed by atoms with Crippen molar-refractivity contribution in [3.05, 3.63) is 107 Å². The second-order valence-corrected chi connectivity index (χ2v) is 14.5. The van der Waals surface area contributed by atoms with Gasteiger partial charge in [0.2, 0.25) is 0 Å². The summed E-state index contributed by atoms with van der Waals surface area (Å²) in [5.41, 5.74) is 10.9. The summed E-state index contributed by atoms with van der Waals surface area (Å²) in [6.45, 7) is 0.619. The van der Waals surface area contributed by atoms with Gasteiger partial charge in [-0.25, -0.2) is 5.84 Å². The zero-order chi connectivity index (χ0) is 42.8. The van der Waals surface area contributed by atoms with E-state index in [0.29, 0.717) is 27.5 Å². The Hall–Kier alpha value is -6.64. The van der Waals surface area contributed by atoms with Gasteiger partial charge in [-0.05, 0) is 17.7 Å². The van der Waals surface area contributed by atoms with Crippen molar-refractivity contribution in [3.8, 4) is 0 Å². The van der Waals surface area contributed by atoms with Crippen LogP contribution in [0.2, 0.25) is 0 Å². The molecule has 5 aromatic rings. The van der Waals surface area contributed by atoms with E-state index in [9.17, 15) is 44.1 Å². The molecule has 19 nitrogen and oxygen atoms in total. The van der Waals surface area contributed by atoms with Crippen molar-refractivity contribution in [3.63, 3.8) is 0 Å². The number of aromatic amines is 2. The lowest BCUT2D eigenvalue weighted by atomic mass is 9.81. The Kier molecular flexibility index (Phi) is 14.2. The summed E-state index contributed by atoms with van der Waals surface area (Å²) in [6.07, 6.45) is 0. The smallest absolute Gasteiger partial charge is 0.317 e. The van der Waals surface area contributed by atoms with Crippen LogP contribution in [0.1, 0.15) is 43.6 Å². The number of hydrogen-bond donors (Lipinski definition) is 9. The number of hydrazine groups is 2. The van der Waals surface area contributed by atoms with Gasteiger partial charge in [0.15, 0.2) is 0 Å². The first-order chi connectivity index (χ1) is 28.9. The van der Waals surface area contributed by atoms with Crippen molar-refractivity contribution in [1.82, 2.24) is 45.8 Å². The number of nitrogens with zero attached hydrogens (tertiary/aromatic N) is 4. The fourth-order valence-electron chi connectivity index (χ4n) is 7.70. The quantitative estimate of drug-likeness (QED) is 0.0449. The van der Waals surface area contributed by atoms with Crippen molar-refractivity contribution in [2.24, 2.45) is 5.84 Å². The Bertz CT molecular complexity index is 2310. The molecule has 60 heavy (non-hydrogen) atoms. The average molecular weight is 825 g/mol. The average Bonchev–Trinajstić information content (AvgIpc) is 3.80. The molecule has 316 valence electrons. The van der Waals surface area contributed by atoms with Gasteiger partial charge in [0, 0.05) is 91.2 Å². The van der Waals surface area contributed by atoms with Crippen LogP contribution >= 0.6 is 0 Å². The van der Waals surface area contributed by atoms with Crippen LogP contribution in [-0.2, 0) is 19.2 Å². The number of aliphatic carboxylic acids is 3. The van der Waals surface area contributed by atoms with Crippen molar-refractivity contribution in [2.75, 3.05) is 78.5 Å². The van der Waals surface area contributed by atoms with Gasteiger partial charge in [-0.2, -0.15) is 0 Å². The molecule has 1 saturated heterocycles. The summed E-state index contributed by atoms with van der Waals surface area (Å²) in [6, 6.07) is 24.2. The molecule has 10 N–H and O–H groups in total. The maximum atomic E-state index is 14.3. The number of aromatic nitrogens is 2. The zero-order valence-corrected chi connectivity index (χ0v) is 32.7. The van der Waals surface area contributed by atoms with Crippen LogP contribution in [-0.4, -0.2) is 159 Å². The van der Waals surface area contributed by atoms with Gasteiger partial charge in [0.1, 0.15) is 11.4 Å². The SMILES string of the molecule is NNC(=O)c1[nH]c2ccccc2c1C(c1ccccc1)c1c(C(=O)NNC(=O)CN2CCN(CC(=O)O)CCN(CC(=O)O)CCN(CC(=O)O)CC2)[nH]c2ccccc12. The minimum Gasteiger partial charge on any atom is -0.480 e. The summed E-state index contributed by atoms with van der Waals surface area (Å²) in [4.78, 5) is 89.2. The van der Waals surface area contributed by atoms with Crippen LogP contribution in [0.5, 0.6) is 0 Å². The molecule has 3 amide bonds. The first kappa shape index (κ1) is 43.0.